The second kappa shape index (κ2) is 4.68. The van der Waals surface area contributed by atoms with Gasteiger partial charge < -0.3 is 4.74 Å². The predicted octanol–water partition coefficient (Wildman–Crippen LogP) is 3.98. The van der Waals surface area contributed by atoms with E-state index < -0.39 is 34.7 Å². The number of carbonyl (C=O) groups is 1. The first-order valence-corrected chi connectivity index (χ1v) is 4.55. The first-order valence-electron chi connectivity index (χ1n) is 4.17. The Hall–Kier alpha value is -1.44. The van der Waals surface area contributed by atoms with Crippen molar-refractivity contribution in [1.29, 1.82) is 0 Å². The molecule has 0 saturated heterocycles. The van der Waals surface area contributed by atoms with E-state index in [0.29, 0.717) is 6.07 Å². The Morgan fingerprint density at radius 1 is 1.11 bits per heavy atom. The average Bonchev–Trinajstić information content (AvgIpc) is 2.12. The van der Waals surface area contributed by atoms with Crippen molar-refractivity contribution < 1.29 is 35.9 Å². The summed E-state index contributed by atoms with van der Waals surface area (Å²) < 4.78 is 76.1. The lowest BCUT2D eigenvalue weighted by Gasteiger charge is -2.13. The highest BCUT2D eigenvalue weighted by Crippen LogP contribution is 2.35. The zero-order chi connectivity index (χ0) is 14.1. The van der Waals surface area contributed by atoms with Gasteiger partial charge in [-0.15, -0.1) is 13.2 Å². The topological polar surface area (TPSA) is 26.3 Å². The summed E-state index contributed by atoms with van der Waals surface area (Å²) in [5.74, 6) is -0.959. The Morgan fingerprint density at radius 2 is 1.67 bits per heavy atom. The van der Waals surface area contributed by atoms with Crippen molar-refractivity contribution in [3.63, 3.8) is 0 Å². The lowest BCUT2D eigenvalue weighted by Crippen LogP contribution is -2.18. The fourth-order valence-electron chi connectivity index (χ4n) is 1.13. The van der Waals surface area contributed by atoms with E-state index in [1.807, 2.05) is 0 Å². The van der Waals surface area contributed by atoms with Crippen molar-refractivity contribution in [3.05, 3.63) is 29.3 Å². The van der Waals surface area contributed by atoms with Crippen LogP contribution in [0.3, 0.4) is 0 Å². The zero-order valence-electron chi connectivity index (χ0n) is 8.19. The van der Waals surface area contributed by atoms with Crippen molar-refractivity contribution in [3.8, 4) is 5.75 Å². The molecule has 0 bridgehead atoms. The maximum Gasteiger partial charge on any atom is 0.573 e. The summed E-state index contributed by atoms with van der Waals surface area (Å²) in [4.78, 5) is 10.8. The number of rotatable bonds is 2. The third-order valence-corrected chi connectivity index (χ3v) is 1.95. The van der Waals surface area contributed by atoms with Gasteiger partial charge in [-0.2, -0.15) is 13.2 Å². The summed E-state index contributed by atoms with van der Waals surface area (Å²) in [5.41, 5.74) is -2.54. The first-order chi connectivity index (χ1) is 8.00. The Morgan fingerprint density at radius 3 is 2.06 bits per heavy atom. The largest absolute Gasteiger partial charge is 0.573 e. The minimum absolute atomic E-state index is 0.283. The minimum atomic E-state index is -5.08. The quantitative estimate of drug-likeness (QED) is 0.609. The van der Waals surface area contributed by atoms with Gasteiger partial charge in [0.05, 0.1) is 5.56 Å². The third-order valence-electron chi connectivity index (χ3n) is 1.74. The van der Waals surface area contributed by atoms with Gasteiger partial charge in [-0.25, -0.2) is 0 Å². The summed E-state index contributed by atoms with van der Waals surface area (Å²) in [5, 5.41) is -1.53. The van der Waals surface area contributed by atoms with Crippen LogP contribution in [-0.4, -0.2) is 11.6 Å². The Kier molecular flexibility index (Phi) is 3.80. The molecule has 0 aliphatic heterocycles. The van der Waals surface area contributed by atoms with Crippen molar-refractivity contribution in [2.45, 2.75) is 12.5 Å². The summed E-state index contributed by atoms with van der Waals surface area (Å²) in [7, 11) is 0. The molecule has 1 aromatic rings. The molecule has 1 aromatic carbocycles. The van der Waals surface area contributed by atoms with Crippen LogP contribution < -0.4 is 4.74 Å². The van der Waals surface area contributed by atoms with Gasteiger partial charge in [0, 0.05) is 5.56 Å². The third kappa shape index (κ3) is 3.80. The molecule has 0 radical (unpaired) electrons. The molecule has 0 aromatic heterocycles. The fourth-order valence-corrected chi connectivity index (χ4v) is 1.29. The number of halogens is 7. The molecule has 9 heteroatoms. The molecule has 1 rings (SSSR count). The first kappa shape index (κ1) is 14.6. The second-order valence-corrected chi connectivity index (χ2v) is 3.37. The fraction of sp³-hybridized carbons (Fsp3) is 0.222. The molecular weight excluding hydrogens is 290 g/mol. The standard InChI is InChI=1S/C9H3ClF6O2/c10-7(17)5-3-4(18-9(14,15)16)1-2-6(5)8(11,12)13/h1-3H. The molecule has 0 heterocycles. The van der Waals surface area contributed by atoms with E-state index in [1.165, 1.54) is 0 Å². The van der Waals surface area contributed by atoms with E-state index in [1.54, 1.807) is 0 Å². The highest BCUT2D eigenvalue weighted by molar-refractivity contribution is 6.68. The molecule has 0 amide bonds. The van der Waals surface area contributed by atoms with E-state index in [2.05, 4.69) is 4.74 Å². The van der Waals surface area contributed by atoms with Gasteiger partial charge in [-0.1, -0.05) is 0 Å². The number of benzene rings is 1. The van der Waals surface area contributed by atoms with Crippen LogP contribution in [0.5, 0.6) is 5.75 Å². The summed E-state index contributed by atoms with van der Waals surface area (Å²) >= 11 is 4.88. The number of hydrogen-bond donors (Lipinski definition) is 0. The predicted molar refractivity (Wildman–Crippen MR) is 48.3 cm³/mol. The molecule has 0 aliphatic carbocycles. The molecule has 0 N–H and O–H groups in total. The van der Waals surface area contributed by atoms with Gasteiger partial charge in [0.15, 0.2) is 0 Å². The Balaban J connectivity index is 3.24. The lowest BCUT2D eigenvalue weighted by atomic mass is 10.1. The monoisotopic (exact) mass is 292 g/mol. The summed E-state index contributed by atoms with van der Waals surface area (Å²) in [6.07, 6.45) is -9.98. The van der Waals surface area contributed by atoms with E-state index in [0.717, 1.165) is 0 Å². The van der Waals surface area contributed by atoms with Crippen molar-refractivity contribution in [2.75, 3.05) is 0 Å². The van der Waals surface area contributed by atoms with E-state index >= 15 is 0 Å². The molecule has 0 spiro atoms. The summed E-state index contributed by atoms with van der Waals surface area (Å²) in [6, 6.07) is 1.02. The van der Waals surface area contributed by atoms with Crippen molar-refractivity contribution >= 4 is 16.8 Å². The zero-order valence-corrected chi connectivity index (χ0v) is 8.95. The molecule has 0 fully saturated rings. The van der Waals surface area contributed by atoms with Crippen molar-refractivity contribution in [1.82, 2.24) is 0 Å². The van der Waals surface area contributed by atoms with Crippen LogP contribution in [0.2, 0.25) is 0 Å². The molecular formula is C9H3ClF6O2. The molecule has 0 atom stereocenters. The smallest absolute Gasteiger partial charge is 0.406 e. The van der Waals surface area contributed by atoms with E-state index in [4.69, 9.17) is 11.6 Å². The molecule has 0 saturated carbocycles. The molecule has 2 nitrogen and oxygen atoms in total. The molecule has 18 heavy (non-hydrogen) atoms. The van der Waals surface area contributed by atoms with Crippen molar-refractivity contribution in [2.24, 2.45) is 0 Å². The number of ether oxygens (including phenoxy) is 1. The van der Waals surface area contributed by atoms with Crippen LogP contribution >= 0.6 is 11.6 Å². The molecule has 0 aliphatic rings. The average molecular weight is 293 g/mol. The highest BCUT2D eigenvalue weighted by Gasteiger charge is 2.36. The van der Waals surface area contributed by atoms with Gasteiger partial charge in [0.1, 0.15) is 5.75 Å². The van der Waals surface area contributed by atoms with Gasteiger partial charge in [-0.05, 0) is 29.8 Å². The van der Waals surface area contributed by atoms with Gasteiger partial charge in [-0.3, -0.25) is 4.79 Å². The maximum atomic E-state index is 12.4. The second-order valence-electron chi connectivity index (χ2n) is 3.03. The minimum Gasteiger partial charge on any atom is -0.406 e. The van der Waals surface area contributed by atoms with Gasteiger partial charge in [0.25, 0.3) is 5.24 Å². The van der Waals surface area contributed by atoms with E-state index in [9.17, 15) is 31.1 Å². The van der Waals surface area contributed by atoms with Gasteiger partial charge in [0.2, 0.25) is 0 Å². The number of alkyl halides is 6. The van der Waals surface area contributed by atoms with Gasteiger partial charge >= 0.3 is 12.5 Å². The maximum absolute atomic E-state index is 12.4. The van der Waals surface area contributed by atoms with Crippen LogP contribution in [-0.2, 0) is 6.18 Å². The Bertz CT molecular complexity index is 465. The normalized spacial score (nSPS) is 12.4. The molecule has 0 unspecified atom stereocenters. The Labute approximate surface area is 101 Å². The van der Waals surface area contributed by atoms with Crippen LogP contribution in [0.15, 0.2) is 18.2 Å². The highest BCUT2D eigenvalue weighted by atomic mass is 35.5. The lowest BCUT2D eigenvalue weighted by molar-refractivity contribution is -0.274. The molecule has 100 valence electrons. The number of hydrogen-bond acceptors (Lipinski definition) is 2. The number of carbonyl (C=O) groups excluding carboxylic acids is 1. The van der Waals surface area contributed by atoms with E-state index in [-0.39, 0.29) is 12.1 Å². The summed E-state index contributed by atoms with van der Waals surface area (Å²) in [6.45, 7) is 0. The van der Waals surface area contributed by atoms with Crippen LogP contribution in [0, 0.1) is 0 Å². The van der Waals surface area contributed by atoms with Crippen LogP contribution in [0.1, 0.15) is 15.9 Å². The SMILES string of the molecule is O=C(Cl)c1cc(OC(F)(F)F)ccc1C(F)(F)F. The van der Waals surface area contributed by atoms with Crippen LogP contribution in [0.25, 0.3) is 0 Å². The van der Waals surface area contributed by atoms with Crippen LogP contribution in [0.4, 0.5) is 26.3 Å².